The smallest absolute Gasteiger partial charge is 0.321 e. The number of urea groups is 1. The summed E-state index contributed by atoms with van der Waals surface area (Å²) in [6.07, 6.45) is 2.34. The molecule has 0 aromatic heterocycles. The number of hydrogen-bond acceptors (Lipinski definition) is 3. The van der Waals surface area contributed by atoms with Gasteiger partial charge < -0.3 is 19.9 Å². The van der Waals surface area contributed by atoms with Crippen LogP contribution in [0.25, 0.3) is 0 Å². The number of nitrogens with zero attached hydrogens (tertiary/aromatic N) is 2. The van der Waals surface area contributed by atoms with Crippen molar-refractivity contribution in [3.8, 4) is 5.75 Å². The number of piperidine rings is 1. The minimum absolute atomic E-state index is 0.0906. The second-order valence-electron chi connectivity index (χ2n) is 7.79. The lowest BCUT2D eigenvalue weighted by atomic mass is 9.82. The van der Waals surface area contributed by atoms with Crippen LogP contribution in [0.4, 0.5) is 16.2 Å². The van der Waals surface area contributed by atoms with Crippen molar-refractivity contribution in [2.24, 2.45) is 11.8 Å². The van der Waals surface area contributed by atoms with Gasteiger partial charge in [0, 0.05) is 43.5 Å². The van der Waals surface area contributed by atoms with Crippen LogP contribution in [0.5, 0.6) is 5.75 Å². The first-order chi connectivity index (χ1) is 14.1. The molecule has 0 saturated carbocycles. The zero-order valence-electron chi connectivity index (χ0n) is 16.7. The van der Waals surface area contributed by atoms with Crippen molar-refractivity contribution in [1.82, 2.24) is 4.90 Å². The molecular weight excluding hydrogens is 366 g/mol. The van der Waals surface area contributed by atoms with Crippen LogP contribution in [0.2, 0.25) is 0 Å². The van der Waals surface area contributed by atoms with Crippen molar-refractivity contribution >= 4 is 23.3 Å². The van der Waals surface area contributed by atoms with Crippen LogP contribution in [0.1, 0.15) is 19.3 Å². The lowest BCUT2D eigenvalue weighted by Crippen LogP contribution is -2.45. The van der Waals surface area contributed by atoms with E-state index in [4.69, 9.17) is 4.74 Å². The number of methoxy groups -OCH3 is 1. The molecule has 2 aromatic rings. The quantitative estimate of drug-likeness (QED) is 0.858. The molecule has 2 aliphatic rings. The van der Waals surface area contributed by atoms with Crippen LogP contribution in [0.3, 0.4) is 0 Å². The maximum Gasteiger partial charge on any atom is 0.321 e. The Morgan fingerprint density at radius 1 is 1.03 bits per heavy atom. The van der Waals surface area contributed by atoms with E-state index < -0.39 is 0 Å². The fraction of sp³-hybridized carbons (Fsp3) is 0.391. The molecule has 2 aromatic carbocycles. The molecule has 29 heavy (non-hydrogen) atoms. The number of amides is 3. The van der Waals surface area contributed by atoms with Gasteiger partial charge in [-0.1, -0.05) is 24.3 Å². The highest BCUT2D eigenvalue weighted by Gasteiger charge is 2.36. The Kier molecular flexibility index (Phi) is 5.69. The molecule has 4 rings (SSSR count). The molecule has 2 heterocycles. The third-order valence-electron chi connectivity index (χ3n) is 6.03. The monoisotopic (exact) mass is 393 g/mol. The number of carbonyl (C=O) groups excluding carboxylic acids is 2. The molecule has 2 atom stereocenters. The third-order valence-corrected chi connectivity index (χ3v) is 6.03. The van der Waals surface area contributed by atoms with Gasteiger partial charge in [-0.2, -0.15) is 0 Å². The normalized spacial score (nSPS) is 21.9. The standard InChI is InChI=1S/C23H27N3O3/c1-29-21-9-5-6-19(15-21)24-23(28)25-12-10-17-14-22(27)26(13-11-18(17)16-25)20-7-3-2-4-8-20/h2-9,15,17-18H,10-14,16H2,1H3,(H,24,28)/t17-,18-/m0/s1. The molecule has 6 heteroatoms. The summed E-state index contributed by atoms with van der Waals surface area (Å²) in [5.41, 5.74) is 1.69. The van der Waals surface area contributed by atoms with Crippen molar-refractivity contribution in [2.45, 2.75) is 19.3 Å². The Morgan fingerprint density at radius 3 is 2.62 bits per heavy atom. The van der Waals surface area contributed by atoms with Crippen LogP contribution in [-0.2, 0) is 4.79 Å². The van der Waals surface area contributed by atoms with Gasteiger partial charge in [0.05, 0.1) is 7.11 Å². The molecule has 1 N–H and O–H groups in total. The first-order valence-electron chi connectivity index (χ1n) is 10.2. The Hall–Kier alpha value is -3.02. The molecule has 2 saturated heterocycles. The molecule has 0 bridgehead atoms. The summed E-state index contributed by atoms with van der Waals surface area (Å²) in [7, 11) is 1.61. The van der Waals surface area contributed by atoms with Gasteiger partial charge >= 0.3 is 6.03 Å². The molecular formula is C23H27N3O3. The summed E-state index contributed by atoms with van der Waals surface area (Å²) >= 11 is 0. The zero-order chi connectivity index (χ0) is 20.2. The number of hydrogen-bond donors (Lipinski definition) is 1. The first-order valence-corrected chi connectivity index (χ1v) is 10.2. The van der Waals surface area contributed by atoms with E-state index in [0.717, 1.165) is 24.2 Å². The number of likely N-dealkylation sites (tertiary alicyclic amines) is 1. The maximum absolute atomic E-state index is 12.8. The van der Waals surface area contributed by atoms with Crippen molar-refractivity contribution < 1.29 is 14.3 Å². The van der Waals surface area contributed by atoms with Crippen molar-refractivity contribution in [1.29, 1.82) is 0 Å². The minimum atomic E-state index is -0.0906. The average molecular weight is 393 g/mol. The Labute approximate surface area is 171 Å². The molecule has 2 aliphatic heterocycles. The molecule has 0 radical (unpaired) electrons. The van der Waals surface area contributed by atoms with E-state index in [1.165, 1.54) is 0 Å². The van der Waals surface area contributed by atoms with E-state index in [-0.39, 0.29) is 11.9 Å². The summed E-state index contributed by atoms with van der Waals surface area (Å²) in [6, 6.07) is 17.1. The molecule has 3 amide bonds. The van der Waals surface area contributed by atoms with Crippen LogP contribution < -0.4 is 15.0 Å². The van der Waals surface area contributed by atoms with Gasteiger partial charge in [0.2, 0.25) is 5.91 Å². The Morgan fingerprint density at radius 2 is 1.83 bits per heavy atom. The summed E-state index contributed by atoms with van der Waals surface area (Å²) in [5, 5.41) is 2.97. The summed E-state index contributed by atoms with van der Waals surface area (Å²) in [5.74, 6) is 1.59. The number of fused-ring (bicyclic) bond motifs is 1. The number of nitrogens with one attached hydrogen (secondary N) is 1. The van der Waals surface area contributed by atoms with E-state index in [2.05, 4.69) is 5.32 Å². The van der Waals surface area contributed by atoms with E-state index >= 15 is 0 Å². The number of benzene rings is 2. The molecule has 0 aliphatic carbocycles. The van der Waals surface area contributed by atoms with Crippen LogP contribution >= 0.6 is 0 Å². The molecule has 0 unspecified atom stereocenters. The zero-order valence-corrected chi connectivity index (χ0v) is 16.7. The SMILES string of the molecule is COc1cccc(NC(=O)N2CC[C@H]3CC(=O)N(c4ccccc4)CC[C@H]3C2)c1. The molecule has 2 fully saturated rings. The van der Waals surface area contributed by atoms with E-state index in [1.807, 2.05) is 64.4 Å². The van der Waals surface area contributed by atoms with Gasteiger partial charge in [0.25, 0.3) is 0 Å². The molecule has 0 spiro atoms. The van der Waals surface area contributed by atoms with Crippen molar-refractivity contribution in [3.05, 3.63) is 54.6 Å². The Balaban J connectivity index is 1.40. The molecule has 6 nitrogen and oxygen atoms in total. The van der Waals surface area contributed by atoms with Gasteiger partial charge in [-0.15, -0.1) is 0 Å². The highest BCUT2D eigenvalue weighted by molar-refractivity contribution is 5.94. The number of anilines is 2. The fourth-order valence-electron chi connectivity index (χ4n) is 4.40. The average Bonchev–Trinajstić information content (AvgIpc) is 2.92. The number of carbonyl (C=O) groups is 2. The van der Waals surface area contributed by atoms with Gasteiger partial charge in [0.1, 0.15) is 5.75 Å². The summed E-state index contributed by atoms with van der Waals surface area (Å²) in [6.45, 7) is 2.07. The largest absolute Gasteiger partial charge is 0.497 e. The van der Waals surface area contributed by atoms with Crippen molar-refractivity contribution in [2.75, 3.05) is 37.0 Å². The number of para-hydroxylation sites is 1. The van der Waals surface area contributed by atoms with Gasteiger partial charge in [-0.25, -0.2) is 4.79 Å². The fourth-order valence-corrected chi connectivity index (χ4v) is 4.40. The molecule has 152 valence electrons. The van der Waals surface area contributed by atoms with Crippen LogP contribution in [-0.4, -0.2) is 43.6 Å². The van der Waals surface area contributed by atoms with E-state index in [9.17, 15) is 9.59 Å². The Bertz CT molecular complexity index is 871. The number of ether oxygens (including phenoxy) is 1. The number of rotatable bonds is 3. The summed E-state index contributed by atoms with van der Waals surface area (Å²) in [4.78, 5) is 29.4. The van der Waals surface area contributed by atoms with E-state index in [0.29, 0.717) is 43.6 Å². The minimum Gasteiger partial charge on any atom is -0.497 e. The highest BCUT2D eigenvalue weighted by atomic mass is 16.5. The topological polar surface area (TPSA) is 61.9 Å². The van der Waals surface area contributed by atoms with Crippen LogP contribution in [0, 0.1) is 11.8 Å². The second-order valence-corrected chi connectivity index (χ2v) is 7.79. The third kappa shape index (κ3) is 4.36. The maximum atomic E-state index is 12.8. The van der Waals surface area contributed by atoms with E-state index in [1.54, 1.807) is 7.11 Å². The van der Waals surface area contributed by atoms with Gasteiger partial charge in [-0.05, 0) is 48.9 Å². The lowest BCUT2D eigenvalue weighted by molar-refractivity contribution is -0.119. The summed E-state index contributed by atoms with van der Waals surface area (Å²) < 4.78 is 5.22. The predicted molar refractivity (Wildman–Crippen MR) is 113 cm³/mol. The van der Waals surface area contributed by atoms with Crippen molar-refractivity contribution in [3.63, 3.8) is 0 Å². The second kappa shape index (κ2) is 8.55. The predicted octanol–water partition coefficient (Wildman–Crippen LogP) is 3.99. The lowest BCUT2D eigenvalue weighted by Gasteiger charge is -2.37. The van der Waals surface area contributed by atoms with Crippen LogP contribution in [0.15, 0.2) is 54.6 Å². The highest BCUT2D eigenvalue weighted by Crippen LogP contribution is 2.34. The first kappa shape index (κ1) is 19.3. The van der Waals surface area contributed by atoms with Gasteiger partial charge in [-0.3, -0.25) is 4.79 Å². The van der Waals surface area contributed by atoms with Gasteiger partial charge in [0.15, 0.2) is 0 Å².